The van der Waals surface area contributed by atoms with Crippen LogP contribution < -0.4 is 5.73 Å². The van der Waals surface area contributed by atoms with Gasteiger partial charge in [-0.05, 0) is 31.0 Å². The second-order valence-corrected chi connectivity index (χ2v) is 5.88. The molecule has 0 amide bonds. The number of aryl methyl sites for hydroxylation is 1. The second-order valence-electron chi connectivity index (χ2n) is 5.88. The van der Waals surface area contributed by atoms with Crippen LogP contribution >= 0.6 is 0 Å². The van der Waals surface area contributed by atoms with E-state index in [1.165, 1.54) is 12.5 Å². The van der Waals surface area contributed by atoms with Gasteiger partial charge in [-0.1, -0.05) is 34.1 Å². The fourth-order valence-electron chi connectivity index (χ4n) is 2.28. The number of aromatic nitrogens is 2. The number of benzene rings is 1. The van der Waals surface area contributed by atoms with E-state index in [0.29, 0.717) is 22.6 Å². The molecule has 0 atom stereocenters. The SMILES string of the molecule is CCC.CN=C(c1cc(-c2ccnc(C)n2)cc(F)c1N)C(C)C. The van der Waals surface area contributed by atoms with Crippen LogP contribution in [0.25, 0.3) is 11.3 Å². The number of nitrogens with two attached hydrogens (primary N) is 1. The molecule has 2 N–H and O–H groups in total. The highest BCUT2D eigenvalue weighted by molar-refractivity contribution is 6.06. The third kappa shape index (κ3) is 4.85. The molecule has 130 valence electrons. The molecule has 1 aromatic carbocycles. The number of hydrogen-bond acceptors (Lipinski definition) is 4. The van der Waals surface area contributed by atoms with Gasteiger partial charge in [0.15, 0.2) is 0 Å². The highest BCUT2D eigenvalue weighted by Crippen LogP contribution is 2.27. The summed E-state index contributed by atoms with van der Waals surface area (Å²) in [7, 11) is 1.69. The number of nitrogens with zero attached hydrogens (tertiary/aromatic N) is 3. The Morgan fingerprint density at radius 1 is 1.29 bits per heavy atom. The minimum absolute atomic E-state index is 0.124. The molecule has 5 heteroatoms. The summed E-state index contributed by atoms with van der Waals surface area (Å²) < 4.78 is 14.2. The van der Waals surface area contributed by atoms with Crippen LogP contribution in [0.3, 0.4) is 0 Å². The van der Waals surface area contributed by atoms with Crippen molar-refractivity contribution < 1.29 is 4.39 Å². The Labute approximate surface area is 144 Å². The minimum Gasteiger partial charge on any atom is -0.396 e. The molecule has 0 radical (unpaired) electrons. The standard InChI is InChI=1S/C16H19FN4.C3H8/c1-9(2)16(19-4)12-7-11(8-13(17)15(12)18)14-5-6-20-10(3)21-14;1-3-2/h5-9H,18H2,1-4H3;3H2,1-2H3. The summed E-state index contributed by atoms with van der Waals surface area (Å²) in [6.45, 7) is 10.0. The number of hydrogen-bond donors (Lipinski definition) is 1. The van der Waals surface area contributed by atoms with E-state index in [1.54, 1.807) is 26.2 Å². The Balaban J connectivity index is 0.000000891. The Morgan fingerprint density at radius 2 is 1.92 bits per heavy atom. The summed E-state index contributed by atoms with van der Waals surface area (Å²) in [5.41, 5.74) is 8.75. The minimum atomic E-state index is -0.458. The van der Waals surface area contributed by atoms with Gasteiger partial charge in [0.05, 0.1) is 11.4 Å². The molecular formula is C19H27FN4. The molecule has 2 rings (SSSR count). The molecule has 0 spiro atoms. The van der Waals surface area contributed by atoms with Crippen molar-refractivity contribution in [1.29, 1.82) is 0 Å². The van der Waals surface area contributed by atoms with E-state index in [0.717, 1.165) is 5.71 Å². The lowest BCUT2D eigenvalue weighted by Gasteiger charge is -2.14. The maximum atomic E-state index is 14.2. The van der Waals surface area contributed by atoms with Crippen LogP contribution in [0.4, 0.5) is 10.1 Å². The van der Waals surface area contributed by atoms with Crippen molar-refractivity contribution in [2.45, 2.75) is 41.0 Å². The maximum Gasteiger partial charge on any atom is 0.147 e. The lowest BCUT2D eigenvalue weighted by molar-refractivity contribution is 0.632. The normalized spacial score (nSPS) is 11.2. The van der Waals surface area contributed by atoms with E-state index in [1.807, 2.05) is 19.9 Å². The van der Waals surface area contributed by atoms with Gasteiger partial charge < -0.3 is 5.73 Å². The molecule has 0 aliphatic carbocycles. The number of anilines is 1. The lowest BCUT2D eigenvalue weighted by atomic mass is 9.95. The van der Waals surface area contributed by atoms with Gasteiger partial charge in [-0.2, -0.15) is 0 Å². The van der Waals surface area contributed by atoms with Crippen molar-refractivity contribution in [3.05, 3.63) is 41.6 Å². The predicted octanol–water partition coefficient (Wildman–Crippen LogP) is 4.66. The van der Waals surface area contributed by atoms with Crippen LogP contribution in [0.5, 0.6) is 0 Å². The Kier molecular flexibility index (Phi) is 7.49. The first-order chi connectivity index (χ1) is 11.3. The van der Waals surface area contributed by atoms with Crippen molar-refractivity contribution in [1.82, 2.24) is 9.97 Å². The molecular weight excluding hydrogens is 303 g/mol. The third-order valence-electron chi connectivity index (χ3n) is 3.27. The number of aliphatic imine (C=N–C) groups is 1. The highest BCUT2D eigenvalue weighted by Gasteiger charge is 2.16. The maximum absolute atomic E-state index is 14.2. The van der Waals surface area contributed by atoms with E-state index in [4.69, 9.17) is 5.73 Å². The fraction of sp³-hybridized carbons (Fsp3) is 0.421. The van der Waals surface area contributed by atoms with Gasteiger partial charge in [0, 0.05) is 30.1 Å². The van der Waals surface area contributed by atoms with Crippen molar-refractivity contribution in [2.75, 3.05) is 12.8 Å². The molecule has 24 heavy (non-hydrogen) atoms. The first-order valence-electron chi connectivity index (χ1n) is 8.21. The van der Waals surface area contributed by atoms with E-state index in [9.17, 15) is 4.39 Å². The Morgan fingerprint density at radius 3 is 2.42 bits per heavy atom. The predicted molar refractivity (Wildman–Crippen MR) is 99.8 cm³/mol. The van der Waals surface area contributed by atoms with E-state index < -0.39 is 5.82 Å². The zero-order valence-electron chi connectivity index (χ0n) is 15.4. The molecule has 0 aliphatic rings. The van der Waals surface area contributed by atoms with Crippen molar-refractivity contribution in [2.24, 2.45) is 10.9 Å². The van der Waals surface area contributed by atoms with Gasteiger partial charge in [-0.25, -0.2) is 14.4 Å². The van der Waals surface area contributed by atoms with E-state index in [2.05, 4.69) is 28.8 Å². The summed E-state index contributed by atoms with van der Waals surface area (Å²) >= 11 is 0. The molecule has 0 fully saturated rings. The molecule has 2 aromatic rings. The Bertz CT molecular complexity index is 709. The molecule has 0 saturated heterocycles. The van der Waals surface area contributed by atoms with Gasteiger partial charge >= 0.3 is 0 Å². The van der Waals surface area contributed by atoms with Crippen LogP contribution in [-0.2, 0) is 0 Å². The molecule has 0 unspecified atom stereocenters. The van der Waals surface area contributed by atoms with Crippen molar-refractivity contribution in [3.8, 4) is 11.3 Å². The fourth-order valence-corrected chi connectivity index (χ4v) is 2.28. The average molecular weight is 330 g/mol. The van der Waals surface area contributed by atoms with Crippen LogP contribution in [0, 0.1) is 18.7 Å². The van der Waals surface area contributed by atoms with E-state index in [-0.39, 0.29) is 11.6 Å². The van der Waals surface area contributed by atoms with Crippen LogP contribution in [-0.4, -0.2) is 22.7 Å². The summed E-state index contributed by atoms with van der Waals surface area (Å²) in [5.74, 6) is 0.333. The van der Waals surface area contributed by atoms with Crippen LogP contribution in [0.1, 0.15) is 45.5 Å². The monoisotopic (exact) mass is 330 g/mol. The highest BCUT2D eigenvalue weighted by atomic mass is 19.1. The average Bonchev–Trinajstić information content (AvgIpc) is 2.52. The molecule has 0 aliphatic heterocycles. The number of nitrogen functional groups attached to an aromatic ring is 1. The largest absolute Gasteiger partial charge is 0.396 e. The summed E-state index contributed by atoms with van der Waals surface area (Å²) in [6, 6.07) is 4.98. The Hall–Kier alpha value is -2.30. The lowest BCUT2D eigenvalue weighted by Crippen LogP contribution is -2.13. The van der Waals surface area contributed by atoms with Crippen LogP contribution in [0.15, 0.2) is 29.4 Å². The smallest absolute Gasteiger partial charge is 0.147 e. The molecule has 0 saturated carbocycles. The summed E-state index contributed by atoms with van der Waals surface area (Å²) in [5, 5.41) is 0. The second kappa shape index (κ2) is 9.11. The third-order valence-corrected chi connectivity index (χ3v) is 3.27. The van der Waals surface area contributed by atoms with E-state index >= 15 is 0 Å². The van der Waals surface area contributed by atoms with Gasteiger partial charge in [0.25, 0.3) is 0 Å². The van der Waals surface area contributed by atoms with Gasteiger partial charge in [0.2, 0.25) is 0 Å². The van der Waals surface area contributed by atoms with Crippen molar-refractivity contribution in [3.63, 3.8) is 0 Å². The molecule has 4 nitrogen and oxygen atoms in total. The molecule has 0 bridgehead atoms. The van der Waals surface area contributed by atoms with Crippen molar-refractivity contribution >= 4 is 11.4 Å². The number of halogens is 1. The molecule has 1 aromatic heterocycles. The number of rotatable bonds is 3. The first-order valence-corrected chi connectivity index (χ1v) is 8.21. The first kappa shape index (κ1) is 19.7. The van der Waals surface area contributed by atoms with Crippen LogP contribution in [0.2, 0.25) is 0 Å². The zero-order chi connectivity index (χ0) is 18.3. The quantitative estimate of drug-likeness (QED) is 0.657. The van der Waals surface area contributed by atoms with Gasteiger partial charge in [-0.3, -0.25) is 4.99 Å². The van der Waals surface area contributed by atoms with Gasteiger partial charge in [-0.15, -0.1) is 0 Å². The summed E-state index contributed by atoms with van der Waals surface area (Å²) in [4.78, 5) is 12.6. The molecule has 1 heterocycles. The van der Waals surface area contributed by atoms with Gasteiger partial charge in [0.1, 0.15) is 11.6 Å². The summed E-state index contributed by atoms with van der Waals surface area (Å²) in [6.07, 6.45) is 2.91. The zero-order valence-corrected chi connectivity index (χ0v) is 15.4. The topological polar surface area (TPSA) is 64.2 Å².